The fraction of sp³-hybridized carbons (Fsp3) is 0.538. The van der Waals surface area contributed by atoms with E-state index in [0.717, 1.165) is 37.2 Å². The Kier molecular flexibility index (Phi) is 3.67. The van der Waals surface area contributed by atoms with Crippen LogP contribution < -0.4 is 11.1 Å². The second kappa shape index (κ2) is 5.21. The van der Waals surface area contributed by atoms with E-state index in [-0.39, 0.29) is 6.10 Å². The summed E-state index contributed by atoms with van der Waals surface area (Å²) in [6, 6.07) is 7.80. The Morgan fingerprint density at radius 1 is 1.38 bits per heavy atom. The summed E-state index contributed by atoms with van der Waals surface area (Å²) in [7, 11) is 0. The number of nitrogens with two attached hydrogens (primary N) is 1. The van der Waals surface area contributed by atoms with Crippen LogP contribution >= 0.6 is 0 Å². The molecule has 1 aliphatic rings. The molecule has 1 saturated carbocycles. The Bertz CT molecular complexity index is 340. The molecule has 0 bridgehead atoms. The van der Waals surface area contributed by atoms with Crippen molar-refractivity contribution in [3.63, 3.8) is 0 Å². The molecular formula is C13H20N2O. The van der Waals surface area contributed by atoms with Crippen molar-refractivity contribution in [3.8, 4) is 0 Å². The maximum Gasteiger partial charge on any atom is 0.0543 e. The van der Waals surface area contributed by atoms with Crippen LogP contribution in [0.1, 0.15) is 25.7 Å². The van der Waals surface area contributed by atoms with Gasteiger partial charge >= 0.3 is 0 Å². The van der Waals surface area contributed by atoms with E-state index in [1.54, 1.807) is 0 Å². The third-order valence-corrected chi connectivity index (χ3v) is 3.24. The second-order valence-electron chi connectivity index (χ2n) is 4.69. The predicted molar refractivity (Wildman–Crippen MR) is 67.3 cm³/mol. The van der Waals surface area contributed by atoms with Crippen molar-refractivity contribution in [2.75, 3.05) is 17.6 Å². The molecule has 3 heteroatoms. The number of hydrogen-bond acceptors (Lipinski definition) is 3. The first kappa shape index (κ1) is 11.3. The standard InChI is InChI=1S/C13H20N2O/c14-11-4-2-5-12(8-11)15-9-10-3-1-6-13(16)7-10/h2,4-5,8,10,13,15-16H,1,3,6-7,9,14H2. The average molecular weight is 220 g/mol. The highest BCUT2D eigenvalue weighted by atomic mass is 16.3. The van der Waals surface area contributed by atoms with Crippen molar-refractivity contribution in [1.82, 2.24) is 0 Å². The van der Waals surface area contributed by atoms with E-state index in [2.05, 4.69) is 5.32 Å². The van der Waals surface area contributed by atoms with Crippen LogP contribution in [0.25, 0.3) is 0 Å². The van der Waals surface area contributed by atoms with E-state index in [9.17, 15) is 5.11 Å². The fourth-order valence-electron chi connectivity index (χ4n) is 2.36. The van der Waals surface area contributed by atoms with Gasteiger partial charge in [-0.15, -0.1) is 0 Å². The third kappa shape index (κ3) is 3.14. The predicted octanol–water partition coefficient (Wildman–Crippen LogP) is 2.23. The first-order valence-electron chi connectivity index (χ1n) is 6.01. The molecular weight excluding hydrogens is 200 g/mol. The van der Waals surface area contributed by atoms with E-state index in [1.807, 2.05) is 24.3 Å². The number of aliphatic hydroxyl groups excluding tert-OH is 1. The molecule has 2 unspecified atom stereocenters. The number of nitrogens with one attached hydrogen (secondary N) is 1. The molecule has 1 fully saturated rings. The zero-order valence-corrected chi connectivity index (χ0v) is 9.52. The van der Waals surface area contributed by atoms with E-state index in [0.29, 0.717) is 5.92 Å². The summed E-state index contributed by atoms with van der Waals surface area (Å²) in [6.45, 7) is 0.931. The molecule has 2 rings (SSSR count). The van der Waals surface area contributed by atoms with Crippen LogP contribution in [-0.2, 0) is 0 Å². The molecule has 0 amide bonds. The van der Waals surface area contributed by atoms with Gasteiger partial charge in [-0.25, -0.2) is 0 Å². The van der Waals surface area contributed by atoms with E-state index in [1.165, 1.54) is 6.42 Å². The van der Waals surface area contributed by atoms with Gasteiger partial charge in [-0.2, -0.15) is 0 Å². The number of nitrogen functional groups attached to an aromatic ring is 1. The minimum atomic E-state index is -0.0959. The lowest BCUT2D eigenvalue weighted by atomic mass is 9.87. The molecule has 2 atom stereocenters. The van der Waals surface area contributed by atoms with Crippen molar-refractivity contribution in [1.29, 1.82) is 0 Å². The Morgan fingerprint density at radius 3 is 3.00 bits per heavy atom. The summed E-state index contributed by atoms with van der Waals surface area (Å²) < 4.78 is 0. The number of hydrogen-bond donors (Lipinski definition) is 3. The van der Waals surface area contributed by atoms with Gasteiger partial charge in [0.15, 0.2) is 0 Å². The van der Waals surface area contributed by atoms with Crippen molar-refractivity contribution in [3.05, 3.63) is 24.3 Å². The van der Waals surface area contributed by atoms with Crippen molar-refractivity contribution in [2.24, 2.45) is 5.92 Å². The molecule has 0 heterocycles. The molecule has 1 aromatic carbocycles. The van der Waals surface area contributed by atoms with Gasteiger partial charge in [0.2, 0.25) is 0 Å². The Balaban J connectivity index is 1.82. The minimum absolute atomic E-state index is 0.0959. The van der Waals surface area contributed by atoms with Gasteiger partial charge < -0.3 is 16.2 Å². The summed E-state index contributed by atoms with van der Waals surface area (Å²) in [4.78, 5) is 0. The molecule has 0 aromatic heterocycles. The van der Waals surface area contributed by atoms with Gasteiger partial charge in [0, 0.05) is 17.9 Å². The van der Waals surface area contributed by atoms with Crippen molar-refractivity contribution in [2.45, 2.75) is 31.8 Å². The van der Waals surface area contributed by atoms with Crippen LogP contribution in [0.4, 0.5) is 11.4 Å². The van der Waals surface area contributed by atoms with Crippen LogP contribution in [0.15, 0.2) is 24.3 Å². The first-order chi connectivity index (χ1) is 7.74. The molecule has 16 heavy (non-hydrogen) atoms. The van der Waals surface area contributed by atoms with Gasteiger partial charge in [0.05, 0.1) is 6.10 Å². The van der Waals surface area contributed by atoms with Gasteiger partial charge in [-0.1, -0.05) is 12.5 Å². The van der Waals surface area contributed by atoms with Crippen LogP contribution in [-0.4, -0.2) is 17.8 Å². The van der Waals surface area contributed by atoms with Crippen LogP contribution in [0.3, 0.4) is 0 Å². The molecule has 0 saturated heterocycles. The van der Waals surface area contributed by atoms with Gasteiger partial charge in [0.1, 0.15) is 0 Å². The lowest BCUT2D eigenvalue weighted by Crippen LogP contribution is -2.24. The Hall–Kier alpha value is -1.22. The van der Waals surface area contributed by atoms with E-state index < -0.39 is 0 Å². The third-order valence-electron chi connectivity index (χ3n) is 3.24. The number of benzene rings is 1. The number of aliphatic hydroxyl groups is 1. The topological polar surface area (TPSA) is 58.3 Å². The SMILES string of the molecule is Nc1cccc(NCC2CCCC(O)C2)c1. The molecule has 0 spiro atoms. The zero-order valence-electron chi connectivity index (χ0n) is 9.52. The van der Waals surface area contributed by atoms with Gasteiger partial charge in [0.25, 0.3) is 0 Å². The van der Waals surface area contributed by atoms with E-state index in [4.69, 9.17) is 5.73 Å². The molecule has 1 aliphatic carbocycles. The summed E-state index contributed by atoms with van der Waals surface area (Å²) >= 11 is 0. The molecule has 1 aromatic rings. The molecule has 3 nitrogen and oxygen atoms in total. The quantitative estimate of drug-likeness (QED) is 0.685. The van der Waals surface area contributed by atoms with Crippen LogP contribution in [0, 0.1) is 5.92 Å². The van der Waals surface area contributed by atoms with Crippen LogP contribution in [0.2, 0.25) is 0 Å². The smallest absolute Gasteiger partial charge is 0.0543 e. The van der Waals surface area contributed by atoms with Gasteiger partial charge in [-0.05, 0) is 43.4 Å². The highest BCUT2D eigenvalue weighted by Gasteiger charge is 2.19. The maximum absolute atomic E-state index is 9.57. The molecule has 4 N–H and O–H groups in total. The van der Waals surface area contributed by atoms with E-state index >= 15 is 0 Å². The monoisotopic (exact) mass is 220 g/mol. The summed E-state index contributed by atoms with van der Waals surface area (Å²) in [5.74, 6) is 0.588. The highest BCUT2D eigenvalue weighted by molar-refractivity contribution is 5.54. The van der Waals surface area contributed by atoms with Gasteiger partial charge in [-0.3, -0.25) is 0 Å². The summed E-state index contributed by atoms with van der Waals surface area (Å²) in [5.41, 5.74) is 7.56. The zero-order chi connectivity index (χ0) is 11.4. The summed E-state index contributed by atoms with van der Waals surface area (Å²) in [6.07, 6.45) is 4.15. The molecule has 0 aliphatic heterocycles. The number of anilines is 2. The lowest BCUT2D eigenvalue weighted by Gasteiger charge is -2.26. The fourth-order valence-corrected chi connectivity index (χ4v) is 2.36. The summed E-state index contributed by atoms with van der Waals surface area (Å²) in [5, 5.41) is 13.0. The molecule has 0 radical (unpaired) electrons. The number of rotatable bonds is 3. The second-order valence-corrected chi connectivity index (χ2v) is 4.69. The van der Waals surface area contributed by atoms with Crippen molar-refractivity contribution < 1.29 is 5.11 Å². The normalized spacial score (nSPS) is 25.3. The first-order valence-corrected chi connectivity index (χ1v) is 6.01. The molecule has 88 valence electrons. The minimum Gasteiger partial charge on any atom is -0.399 e. The lowest BCUT2D eigenvalue weighted by molar-refractivity contribution is 0.105. The highest BCUT2D eigenvalue weighted by Crippen LogP contribution is 2.24. The Morgan fingerprint density at radius 2 is 2.25 bits per heavy atom. The largest absolute Gasteiger partial charge is 0.399 e. The average Bonchev–Trinajstić information content (AvgIpc) is 2.27. The Labute approximate surface area is 96.7 Å². The van der Waals surface area contributed by atoms with Crippen molar-refractivity contribution >= 4 is 11.4 Å². The van der Waals surface area contributed by atoms with Crippen LogP contribution in [0.5, 0.6) is 0 Å². The maximum atomic E-state index is 9.57.